The van der Waals surface area contributed by atoms with Gasteiger partial charge in [-0.05, 0) is 13.0 Å². The summed E-state index contributed by atoms with van der Waals surface area (Å²) < 4.78 is 1.76. The number of aromatic amines is 1. The number of anilines is 1. The predicted molar refractivity (Wildman–Crippen MR) is 112 cm³/mol. The molecule has 1 N–H and O–H groups in total. The third-order valence-corrected chi connectivity index (χ3v) is 5.90. The normalized spacial score (nSPS) is 16.6. The lowest BCUT2D eigenvalue weighted by Gasteiger charge is -2.38. The predicted octanol–water partition coefficient (Wildman–Crippen LogP) is 2.24. The standard InChI is InChI=1S/C21H23N7O/c1-14(19(29)16-11-22-18-6-4-3-5-15(16)18)27-7-9-28(10-8-27)21-17-12-25-26(2)20(17)23-13-24-21/h3-6,11-14,22H,7-10H2,1-2H3/t14-/m1/s1. The van der Waals surface area contributed by atoms with Crippen molar-refractivity contribution in [1.29, 1.82) is 0 Å². The van der Waals surface area contributed by atoms with Gasteiger partial charge >= 0.3 is 0 Å². The second kappa shape index (κ2) is 6.97. The van der Waals surface area contributed by atoms with Crippen LogP contribution in [0.25, 0.3) is 21.9 Å². The van der Waals surface area contributed by atoms with Crippen LogP contribution in [0.1, 0.15) is 17.3 Å². The van der Waals surface area contributed by atoms with Gasteiger partial charge in [0.25, 0.3) is 0 Å². The summed E-state index contributed by atoms with van der Waals surface area (Å²) in [6.07, 6.45) is 5.24. The summed E-state index contributed by atoms with van der Waals surface area (Å²) >= 11 is 0. The van der Waals surface area contributed by atoms with Crippen molar-refractivity contribution in [2.75, 3.05) is 31.1 Å². The van der Waals surface area contributed by atoms with Gasteiger partial charge in [-0.25, -0.2) is 9.97 Å². The molecule has 4 heterocycles. The van der Waals surface area contributed by atoms with Crippen LogP contribution >= 0.6 is 0 Å². The Morgan fingerprint density at radius 1 is 1.10 bits per heavy atom. The van der Waals surface area contributed by atoms with Crippen LogP contribution < -0.4 is 4.90 Å². The van der Waals surface area contributed by atoms with E-state index in [0.717, 1.165) is 59.5 Å². The maximum Gasteiger partial charge on any atom is 0.181 e. The second-order valence-electron chi connectivity index (χ2n) is 7.51. The van der Waals surface area contributed by atoms with Crippen LogP contribution in [0.4, 0.5) is 5.82 Å². The third kappa shape index (κ3) is 2.96. The van der Waals surface area contributed by atoms with Crippen LogP contribution in [0.5, 0.6) is 0 Å². The molecule has 1 saturated heterocycles. The Bertz CT molecular complexity index is 1190. The first-order valence-electron chi connectivity index (χ1n) is 9.85. The van der Waals surface area contributed by atoms with Crippen LogP contribution in [0.3, 0.4) is 0 Å². The number of rotatable bonds is 4. The third-order valence-electron chi connectivity index (χ3n) is 5.90. The van der Waals surface area contributed by atoms with E-state index in [0.29, 0.717) is 0 Å². The van der Waals surface area contributed by atoms with Crippen molar-refractivity contribution >= 4 is 33.5 Å². The number of piperazine rings is 1. The smallest absolute Gasteiger partial charge is 0.181 e. The molecule has 3 aromatic heterocycles. The second-order valence-corrected chi connectivity index (χ2v) is 7.51. The summed E-state index contributed by atoms with van der Waals surface area (Å²) in [7, 11) is 1.88. The van der Waals surface area contributed by atoms with Crippen LogP contribution in [-0.2, 0) is 7.05 Å². The van der Waals surface area contributed by atoms with Crippen molar-refractivity contribution in [3.63, 3.8) is 0 Å². The van der Waals surface area contributed by atoms with E-state index in [2.05, 4.69) is 29.9 Å². The van der Waals surface area contributed by atoms with Gasteiger partial charge in [0.1, 0.15) is 12.1 Å². The fourth-order valence-electron chi connectivity index (χ4n) is 4.19. The first-order valence-corrected chi connectivity index (χ1v) is 9.85. The van der Waals surface area contributed by atoms with E-state index in [9.17, 15) is 4.79 Å². The Labute approximate surface area is 168 Å². The lowest BCUT2D eigenvalue weighted by Crippen LogP contribution is -2.52. The monoisotopic (exact) mass is 389 g/mol. The molecular weight excluding hydrogens is 366 g/mol. The largest absolute Gasteiger partial charge is 0.360 e. The molecule has 0 unspecified atom stereocenters. The minimum Gasteiger partial charge on any atom is -0.360 e. The summed E-state index contributed by atoms with van der Waals surface area (Å²) in [6.45, 7) is 5.24. The number of H-pyrrole nitrogens is 1. The van der Waals surface area contributed by atoms with Gasteiger partial charge in [-0.2, -0.15) is 5.10 Å². The molecule has 1 aliphatic rings. The van der Waals surface area contributed by atoms with Crippen LogP contribution in [0.15, 0.2) is 43.0 Å². The average Bonchev–Trinajstić information content (AvgIpc) is 3.37. The summed E-state index contributed by atoms with van der Waals surface area (Å²) in [6, 6.07) is 7.77. The summed E-state index contributed by atoms with van der Waals surface area (Å²) in [5, 5.41) is 6.25. The molecule has 0 amide bonds. The highest BCUT2D eigenvalue weighted by Crippen LogP contribution is 2.25. The van der Waals surface area contributed by atoms with E-state index >= 15 is 0 Å². The molecule has 8 nitrogen and oxygen atoms in total. The molecule has 5 rings (SSSR count). The number of hydrogen-bond donors (Lipinski definition) is 1. The van der Waals surface area contributed by atoms with E-state index in [4.69, 9.17) is 0 Å². The van der Waals surface area contributed by atoms with Gasteiger partial charge in [-0.3, -0.25) is 14.4 Å². The zero-order valence-electron chi connectivity index (χ0n) is 16.5. The molecule has 29 heavy (non-hydrogen) atoms. The number of nitrogens with zero attached hydrogens (tertiary/aromatic N) is 6. The van der Waals surface area contributed by atoms with Crippen molar-refractivity contribution in [2.45, 2.75) is 13.0 Å². The molecule has 1 aliphatic heterocycles. The minimum atomic E-state index is -0.167. The molecule has 1 atom stereocenters. The molecule has 148 valence electrons. The van der Waals surface area contributed by atoms with Crippen molar-refractivity contribution in [3.8, 4) is 0 Å². The lowest BCUT2D eigenvalue weighted by molar-refractivity contribution is 0.0831. The number of ketones is 1. The van der Waals surface area contributed by atoms with Crippen LogP contribution in [0.2, 0.25) is 0 Å². The molecule has 1 aromatic carbocycles. The number of aromatic nitrogens is 5. The molecule has 0 aliphatic carbocycles. The number of para-hydroxylation sites is 1. The number of nitrogens with one attached hydrogen (secondary N) is 1. The van der Waals surface area contributed by atoms with Crippen molar-refractivity contribution in [3.05, 3.63) is 48.5 Å². The first-order chi connectivity index (χ1) is 14.1. The van der Waals surface area contributed by atoms with E-state index in [1.54, 1.807) is 11.0 Å². The minimum absolute atomic E-state index is 0.160. The number of fused-ring (bicyclic) bond motifs is 2. The highest BCUT2D eigenvalue weighted by molar-refractivity contribution is 6.10. The molecule has 0 bridgehead atoms. The lowest BCUT2D eigenvalue weighted by atomic mass is 10.0. The highest BCUT2D eigenvalue weighted by Gasteiger charge is 2.28. The van der Waals surface area contributed by atoms with E-state index in [1.807, 2.05) is 50.6 Å². The maximum absolute atomic E-state index is 13.1. The van der Waals surface area contributed by atoms with E-state index in [-0.39, 0.29) is 11.8 Å². The summed E-state index contributed by atoms with van der Waals surface area (Å²) in [5.74, 6) is 1.07. The van der Waals surface area contributed by atoms with Gasteiger partial charge < -0.3 is 9.88 Å². The van der Waals surface area contributed by atoms with Gasteiger partial charge in [0, 0.05) is 55.9 Å². The number of aryl methyl sites for hydroxylation is 1. The van der Waals surface area contributed by atoms with Gasteiger partial charge in [-0.15, -0.1) is 0 Å². The van der Waals surface area contributed by atoms with Gasteiger partial charge in [0.05, 0.1) is 17.6 Å². The number of benzene rings is 1. The van der Waals surface area contributed by atoms with Crippen LogP contribution in [0, 0.1) is 0 Å². The highest BCUT2D eigenvalue weighted by atomic mass is 16.1. The fraction of sp³-hybridized carbons (Fsp3) is 0.333. The first kappa shape index (κ1) is 17.8. The molecule has 8 heteroatoms. The fourth-order valence-corrected chi connectivity index (χ4v) is 4.19. The Hall–Kier alpha value is -3.26. The van der Waals surface area contributed by atoms with Gasteiger partial charge in [0.2, 0.25) is 0 Å². The van der Waals surface area contributed by atoms with Crippen molar-refractivity contribution in [2.24, 2.45) is 7.05 Å². The summed E-state index contributed by atoms with van der Waals surface area (Å²) in [4.78, 5) is 29.7. The average molecular weight is 389 g/mol. The number of carbonyl (C=O) groups excluding carboxylic acids is 1. The van der Waals surface area contributed by atoms with Crippen molar-refractivity contribution < 1.29 is 4.79 Å². The molecular formula is C21H23N7O. The Morgan fingerprint density at radius 3 is 2.72 bits per heavy atom. The van der Waals surface area contributed by atoms with E-state index in [1.165, 1.54) is 0 Å². The number of hydrogen-bond acceptors (Lipinski definition) is 6. The zero-order valence-corrected chi connectivity index (χ0v) is 16.5. The topological polar surface area (TPSA) is 82.9 Å². The quantitative estimate of drug-likeness (QED) is 0.539. The van der Waals surface area contributed by atoms with Crippen LogP contribution in [-0.4, -0.2) is 67.6 Å². The molecule has 1 fully saturated rings. The Morgan fingerprint density at radius 2 is 1.90 bits per heavy atom. The maximum atomic E-state index is 13.1. The number of carbonyl (C=O) groups is 1. The Balaban J connectivity index is 1.31. The number of Topliss-reactive ketones (excluding diaryl/α,β-unsaturated/α-hetero) is 1. The van der Waals surface area contributed by atoms with E-state index < -0.39 is 0 Å². The molecule has 0 saturated carbocycles. The van der Waals surface area contributed by atoms with Gasteiger partial charge in [0.15, 0.2) is 11.4 Å². The SMILES string of the molecule is C[C@H](C(=O)c1c[nH]c2ccccc12)N1CCN(c2ncnc3c2cnn3C)CC1. The molecule has 4 aromatic rings. The van der Waals surface area contributed by atoms with Crippen molar-refractivity contribution in [1.82, 2.24) is 29.6 Å². The molecule has 0 radical (unpaired) electrons. The Kier molecular flexibility index (Phi) is 4.28. The zero-order chi connectivity index (χ0) is 20.0. The molecule has 0 spiro atoms. The van der Waals surface area contributed by atoms with Gasteiger partial charge in [-0.1, -0.05) is 18.2 Å². The summed E-state index contributed by atoms with van der Waals surface area (Å²) in [5.41, 5.74) is 2.60.